The maximum absolute atomic E-state index is 13.4. The van der Waals surface area contributed by atoms with Gasteiger partial charge in [0.1, 0.15) is 5.82 Å². The highest BCUT2D eigenvalue weighted by molar-refractivity contribution is 14.0. The van der Waals surface area contributed by atoms with Crippen molar-refractivity contribution in [3.05, 3.63) is 35.6 Å². The molecular weight excluding hydrogens is 406 g/mol. The van der Waals surface area contributed by atoms with Crippen LogP contribution in [-0.2, 0) is 0 Å². The second-order valence-electron chi connectivity index (χ2n) is 6.08. The van der Waals surface area contributed by atoms with Crippen LogP contribution < -0.4 is 10.6 Å². The summed E-state index contributed by atoms with van der Waals surface area (Å²) in [6, 6.07) is 6.83. The average molecular weight is 434 g/mol. The Labute approximate surface area is 156 Å². The van der Waals surface area contributed by atoms with E-state index in [9.17, 15) is 4.39 Å². The fourth-order valence-corrected chi connectivity index (χ4v) is 2.36. The highest BCUT2D eigenvalue weighted by Crippen LogP contribution is 2.27. The largest absolute Gasteiger partial charge is 0.357 e. The van der Waals surface area contributed by atoms with Crippen molar-refractivity contribution < 1.29 is 4.39 Å². The predicted octanol–water partition coefficient (Wildman–Crippen LogP) is 3.01. The molecule has 1 aliphatic carbocycles. The molecule has 0 radical (unpaired) electrons. The molecule has 0 aliphatic heterocycles. The predicted molar refractivity (Wildman–Crippen MR) is 105 cm³/mol. The van der Waals surface area contributed by atoms with Gasteiger partial charge in [0.2, 0.25) is 0 Å². The Morgan fingerprint density at radius 2 is 2.09 bits per heavy atom. The molecule has 130 valence electrons. The van der Waals surface area contributed by atoms with Gasteiger partial charge >= 0.3 is 0 Å². The fourth-order valence-electron chi connectivity index (χ4n) is 2.36. The molecule has 1 saturated carbocycles. The number of hydrogen-bond acceptors (Lipinski definition) is 2. The Bertz CT molecular complexity index is 503. The van der Waals surface area contributed by atoms with E-state index in [0.29, 0.717) is 6.54 Å². The maximum atomic E-state index is 13.4. The number of benzene rings is 1. The Balaban J connectivity index is 0.00000264. The van der Waals surface area contributed by atoms with E-state index >= 15 is 0 Å². The third-order valence-corrected chi connectivity index (χ3v) is 3.88. The SMILES string of the molecule is CCNC(=NCC(c1cccc(F)c1)N(C)C)NCC1CC1.I. The molecule has 2 N–H and O–H groups in total. The molecule has 4 nitrogen and oxygen atoms in total. The second-order valence-corrected chi connectivity index (χ2v) is 6.08. The number of rotatable bonds is 7. The smallest absolute Gasteiger partial charge is 0.191 e. The van der Waals surface area contributed by atoms with Crippen molar-refractivity contribution in [2.24, 2.45) is 10.9 Å². The molecular formula is C17H28FIN4. The first-order valence-electron chi connectivity index (χ1n) is 8.04. The molecule has 23 heavy (non-hydrogen) atoms. The third-order valence-electron chi connectivity index (χ3n) is 3.88. The lowest BCUT2D eigenvalue weighted by atomic mass is 10.1. The van der Waals surface area contributed by atoms with Gasteiger partial charge in [-0.25, -0.2) is 4.39 Å². The highest BCUT2D eigenvalue weighted by atomic mass is 127. The summed E-state index contributed by atoms with van der Waals surface area (Å²) in [5.74, 6) is 1.45. The van der Waals surface area contributed by atoms with Gasteiger partial charge in [-0.3, -0.25) is 4.99 Å². The summed E-state index contributed by atoms with van der Waals surface area (Å²) >= 11 is 0. The second kappa shape index (κ2) is 10.1. The van der Waals surface area contributed by atoms with Crippen molar-refractivity contribution in [2.45, 2.75) is 25.8 Å². The van der Waals surface area contributed by atoms with E-state index in [1.54, 1.807) is 12.1 Å². The van der Waals surface area contributed by atoms with Gasteiger partial charge < -0.3 is 15.5 Å². The molecule has 0 bridgehead atoms. The molecule has 0 saturated heterocycles. The molecule has 0 heterocycles. The van der Waals surface area contributed by atoms with E-state index in [2.05, 4.69) is 27.4 Å². The molecule has 2 rings (SSSR count). The normalized spacial score (nSPS) is 16.0. The number of guanidine groups is 1. The van der Waals surface area contributed by atoms with Crippen molar-refractivity contribution >= 4 is 29.9 Å². The van der Waals surface area contributed by atoms with Crippen LogP contribution in [-0.4, -0.2) is 44.6 Å². The third kappa shape index (κ3) is 7.03. The lowest BCUT2D eigenvalue weighted by Crippen LogP contribution is -2.39. The molecule has 1 unspecified atom stereocenters. The number of hydrogen-bond donors (Lipinski definition) is 2. The van der Waals surface area contributed by atoms with Gasteiger partial charge in [0.05, 0.1) is 12.6 Å². The molecule has 0 spiro atoms. The molecule has 1 aromatic carbocycles. The Morgan fingerprint density at radius 1 is 1.35 bits per heavy atom. The zero-order chi connectivity index (χ0) is 15.9. The van der Waals surface area contributed by atoms with Gasteiger partial charge in [0.25, 0.3) is 0 Å². The average Bonchev–Trinajstić information content (AvgIpc) is 3.28. The quantitative estimate of drug-likeness (QED) is 0.394. The van der Waals surface area contributed by atoms with Crippen molar-refractivity contribution in [3.63, 3.8) is 0 Å². The Hall–Kier alpha value is -0.890. The van der Waals surface area contributed by atoms with Crippen LogP contribution in [0.2, 0.25) is 0 Å². The summed E-state index contributed by atoms with van der Waals surface area (Å²) in [7, 11) is 3.99. The van der Waals surface area contributed by atoms with Gasteiger partial charge in [0.15, 0.2) is 5.96 Å². The molecule has 1 atom stereocenters. The van der Waals surface area contributed by atoms with Crippen molar-refractivity contribution in [2.75, 3.05) is 33.7 Å². The monoisotopic (exact) mass is 434 g/mol. The summed E-state index contributed by atoms with van der Waals surface area (Å²) in [6.45, 7) is 4.47. The molecule has 0 amide bonds. The molecule has 1 aliphatic rings. The summed E-state index contributed by atoms with van der Waals surface area (Å²) < 4.78 is 13.4. The van der Waals surface area contributed by atoms with Crippen LogP contribution in [0.3, 0.4) is 0 Å². The lowest BCUT2D eigenvalue weighted by Gasteiger charge is -2.23. The first-order chi connectivity index (χ1) is 10.6. The minimum Gasteiger partial charge on any atom is -0.357 e. The van der Waals surface area contributed by atoms with Crippen LogP contribution in [0.15, 0.2) is 29.3 Å². The van der Waals surface area contributed by atoms with Crippen LogP contribution in [0.25, 0.3) is 0 Å². The number of likely N-dealkylation sites (N-methyl/N-ethyl adjacent to an activating group) is 1. The molecule has 1 aromatic rings. The minimum atomic E-state index is -0.202. The van der Waals surface area contributed by atoms with Crippen molar-refractivity contribution in [1.29, 1.82) is 0 Å². The van der Waals surface area contributed by atoms with Crippen molar-refractivity contribution in [1.82, 2.24) is 15.5 Å². The van der Waals surface area contributed by atoms with Crippen LogP contribution >= 0.6 is 24.0 Å². The Morgan fingerprint density at radius 3 is 2.65 bits per heavy atom. The van der Waals surface area contributed by atoms with Gasteiger partial charge in [-0.2, -0.15) is 0 Å². The number of aliphatic imine (C=N–C) groups is 1. The summed E-state index contributed by atoms with van der Waals surface area (Å²) in [6.07, 6.45) is 2.63. The molecule has 1 fully saturated rings. The Kier molecular flexibility index (Phi) is 8.83. The van der Waals surface area contributed by atoms with Crippen LogP contribution in [0, 0.1) is 11.7 Å². The molecule has 0 aromatic heterocycles. The first kappa shape index (κ1) is 20.2. The topological polar surface area (TPSA) is 39.7 Å². The first-order valence-corrected chi connectivity index (χ1v) is 8.04. The lowest BCUT2D eigenvalue weighted by molar-refractivity contribution is 0.305. The van der Waals surface area contributed by atoms with Gasteiger partial charge in [-0.05, 0) is 57.5 Å². The number of nitrogens with zero attached hydrogens (tertiary/aromatic N) is 2. The zero-order valence-corrected chi connectivity index (χ0v) is 16.5. The van der Waals surface area contributed by atoms with Crippen molar-refractivity contribution in [3.8, 4) is 0 Å². The van der Waals surface area contributed by atoms with E-state index in [1.807, 2.05) is 20.2 Å². The molecule has 6 heteroatoms. The van der Waals surface area contributed by atoms with E-state index in [1.165, 1.54) is 18.9 Å². The highest BCUT2D eigenvalue weighted by Gasteiger charge is 2.21. The van der Waals surface area contributed by atoms with Crippen LogP contribution in [0.1, 0.15) is 31.4 Å². The number of nitrogens with one attached hydrogen (secondary N) is 2. The van der Waals surface area contributed by atoms with E-state index in [4.69, 9.17) is 0 Å². The van der Waals surface area contributed by atoms with E-state index in [-0.39, 0.29) is 35.8 Å². The van der Waals surface area contributed by atoms with Gasteiger partial charge in [0, 0.05) is 13.1 Å². The number of halogens is 2. The summed E-state index contributed by atoms with van der Waals surface area (Å²) in [5.41, 5.74) is 0.951. The fraction of sp³-hybridized carbons (Fsp3) is 0.588. The van der Waals surface area contributed by atoms with E-state index in [0.717, 1.165) is 30.5 Å². The van der Waals surface area contributed by atoms with Crippen LogP contribution in [0.4, 0.5) is 4.39 Å². The summed E-state index contributed by atoms with van der Waals surface area (Å²) in [5, 5.41) is 6.66. The maximum Gasteiger partial charge on any atom is 0.191 e. The van der Waals surface area contributed by atoms with E-state index < -0.39 is 0 Å². The van der Waals surface area contributed by atoms with Gasteiger partial charge in [-0.1, -0.05) is 12.1 Å². The summed E-state index contributed by atoms with van der Waals surface area (Å²) in [4.78, 5) is 6.74. The van der Waals surface area contributed by atoms with Crippen LogP contribution in [0.5, 0.6) is 0 Å². The van der Waals surface area contributed by atoms with Gasteiger partial charge in [-0.15, -0.1) is 24.0 Å². The zero-order valence-electron chi connectivity index (χ0n) is 14.2. The minimum absolute atomic E-state index is 0. The standard InChI is InChI=1S/C17H27FN4.HI/c1-4-19-17(20-11-13-8-9-13)21-12-16(22(2)3)14-6-5-7-15(18)10-14;/h5-7,10,13,16H,4,8-9,11-12H2,1-3H3,(H2,19,20,21);1H.